The molecule has 4 rings (SSSR count). The van der Waals surface area contributed by atoms with Crippen molar-refractivity contribution in [2.24, 2.45) is 0 Å². The van der Waals surface area contributed by atoms with Crippen LogP contribution in [-0.4, -0.2) is 24.9 Å². The second kappa shape index (κ2) is 9.43. The summed E-state index contributed by atoms with van der Waals surface area (Å²) < 4.78 is 21.4. The van der Waals surface area contributed by atoms with E-state index in [4.69, 9.17) is 19.9 Å². The topological polar surface area (TPSA) is 62.5 Å². The third-order valence-electron chi connectivity index (χ3n) is 5.23. The lowest BCUT2D eigenvalue weighted by Crippen LogP contribution is -2.39. The predicted octanol–water partition coefficient (Wildman–Crippen LogP) is 3.99. The Labute approximate surface area is 182 Å². The number of para-hydroxylation sites is 4. The van der Waals surface area contributed by atoms with Gasteiger partial charge in [-0.25, -0.2) is 9.13 Å². The monoisotopic (exact) mass is 418 g/mol. The zero-order valence-electron chi connectivity index (χ0n) is 18.0. The number of fused-ring (bicyclic) bond motifs is 1. The van der Waals surface area contributed by atoms with E-state index >= 15 is 0 Å². The van der Waals surface area contributed by atoms with Crippen molar-refractivity contribution in [1.82, 2.24) is 4.57 Å². The Hall–Kier alpha value is -3.67. The van der Waals surface area contributed by atoms with Gasteiger partial charge in [0.25, 0.3) is 0 Å². The molecule has 2 N–H and O–H groups in total. The van der Waals surface area contributed by atoms with Crippen LogP contribution >= 0.6 is 0 Å². The number of nitrogen functional groups attached to an aromatic ring is 1. The van der Waals surface area contributed by atoms with Gasteiger partial charge >= 0.3 is 5.95 Å². The minimum atomic E-state index is 0.475. The molecule has 160 valence electrons. The maximum Gasteiger partial charge on any atom is 0.356 e. The summed E-state index contributed by atoms with van der Waals surface area (Å²) in [6.07, 6.45) is 0. The molecule has 6 heteroatoms. The molecule has 0 aliphatic rings. The zero-order chi connectivity index (χ0) is 21.6. The van der Waals surface area contributed by atoms with Gasteiger partial charge < -0.3 is 14.2 Å². The molecule has 0 saturated heterocycles. The summed E-state index contributed by atoms with van der Waals surface area (Å²) in [5, 5.41) is 0. The van der Waals surface area contributed by atoms with Crippen LogP contribution in [0.4, 0.5) is 5.95 Å². The van der Waals surface area contributed by atoms with Crippen molar-refractivity contribution in [1.29, 1.82) is 0 Å². The average Bonchev–Trinajstić information content (AvgIpc) is 3.05. The summed E-state index contributed by atoms with van der Waals surface area (Å²) >= 11 is 0. The first-order valence-corrected chi connectivity index (χ1v) is 10.4. The number of ether oxygens (including phenoxy) is 3. The van der Waals surface area contributed by atoms with E-state index in [2.05, 4.69) is 34.3 Å². The van der Waals surface area contributed by atoms with Gasteiger partial charge in [0.05, 0.1) is 7.11 Å². The summed E-state index contributed by atoms with van der Waals surface area (Å²) in [7, 11) is 1.64. The number of nitrogens with two attached hydrogens (primary N) is 1. The van der Waals surface area contributed by atoms with Gasteiger partial charge in [-0.15, -0.1) is 0 Å². The quantitative estimate of drug-likeness (QED) is 0.418. The fourth-order valence-electron chi connectivity index (χ4n) is 3.73. The van der Waals surface area contributed by atoms with Crippen molar-refractivity contribution >= 4 is 17.0 Å². The average molecular weight is 419 g/mol. The Bertz CT molecular complexity index is 1170. The summed E-state index contributed by atoms with van der Waals surface area (Å²) in [5.41, 5.74) is 9.87. The van der Waals surface area contributed by atoms with Gasteiger partial charge in [-0.1, -0.05) is 36.4 Å². The highest BCUT2D eigenvalue weighted by Crippen LogP contribution is 2.26. The molecule has 0 saturated carbocycles. The highest BCUT2D eigenvalue weighted by molar-refractivity contribution is 5.73. The molecule has 0 spiro atoms. The normalized spacial score (nSPS) is 10.9. The molecular weight excluding hydrogens is 390 g/mol. The lowest BCUT2D eigenvalue weighted by Gasteiger charge is -2.10. The van der Waals surface area contributed by atoms with Gasteiger partial charge in [0.2, 0.25) is 0 Å². The maximum absolute atomic E-state index is 6.55. The van der Waals surface area contributed by atoms with E-state index in [1.807, 2.05) is 54.6 Å². The number of benzene rings is 3. The largest absolute Gasteiger partial charge is 0.493 e. The van der Waals surface area contributed by atoms with Crippen LogP contribution in [0.3, 0.4) is 0 Å². The number of methoxy groups -OCH3 is 1. The smallest absolute Gasteiger partial charge is 0.356 e. The number of rotatable bonds is 9. The third-order valence-corrected chi connectivity index (χ3v) is 5.23. The van der Waals surface area contributed by atoms with Crippen LogP contribution in [0.2, 0.25) is 0 Å². The van der Waals surface area contributed by atoms with Gasteiger partial charge in [0.15, 0.2) is 11.5 Å². The summed E-state index contributed by atoms with van der Waals surface area (Å²) in [5.74, 6) is 2.99. The van der Waals surface area contributed by atoms with Crippen LogP contribution in [0.15, 0.2) is 72.8 Å². The fourth-order valence-corrected chi connectivity index (χ4v) is 3.73. The minimum Gasteiger partial charge on any atom is -0.493 e. The van der Waals surface area contributed by atoms with Crippen molar-refractivity contribution in [3.63, 3.8) is 0 Å². The maximum atomic E-state index is 6.55. The predicted molar refractivity (Wildman–Crippen MR) is 122 cm³/mol. The molecule has 0 aliphatic heterocycles. The van der Waals surface area contributed by atoms with E-state index in [1.54, 1.807) is 7.11 Å². The SMILES string of the molecule is COc1ccccc1OCCn1c(N)[n+](CCOc2cccc(C)c2)c2ccccc21. The molecule has 6 nitrogen and oxygen atoms in total. The lowest BCUT2D eigenvalue weighted by atomic mass is 10.2. The molecule has 0 amide bonds. The van der Waals surface area contributed by atoms with Gasteiger partial charge in [0.1, 0.15) is 43.1 Å². The number of aromatic nitrogens is 2. The lowest BCUT2D eigenvalue weighted by molar-refractivity contribution is -0.658. The van der Waals surface area contributed by atoms with Crippen molar-refractivity contribution in [2.75, 3.05) is 26.1 Å². The first kappa shape index (κ1) is 20.6. The summed E-state index contributed by atoms with van der Waals surface area (Å²) in [4.78, 5) is 0. The number of anilines is 1. The van der Waals surface area contributed by atoms with E-state index in [-0.39, 0.29) is 0 Å². The van der Waals surface area contributed by atoms with Gasteiger partial charge in [0, 0.05) is 0 Å². The number of hydrogen-bond acceptors (Lipinski definition) is 4. The number of nitrogens with zero attached hydrogens (tertiary/aromatic N) is 2. The molecule has 0 atom stereocenters. The van der Waals surface area contributed by atoms with E-state index in [9.17, 15) is 0 Å². The summed E-state index contributed by atoms with van der Waals surface area (Å²) in [6.45, 7) is 4.34. The van der Waals surface area contributed by atoms with E-state index < -0.39 is 0 Å². The first-order chi connectivity index (χ1) is 15.2. The Morgan fingerprint density at radius 1 is 0.871 bits per heavy atom. The number of aryl methyl sites for hydroxylation is 1. The highest BCUT2D eigenvalue weighted by atomic mass is 16.5. The van der Waals surface area contributed by atoms with E-state index in [1.165, 1.54) is 5.56 Å². The Balaban J connectivity index is 1.48. The molecule has 0 bridgehead atoms. The van der Waals surface area contributed by atoms with Crippen molar-refractivity contribution in [2.45, 2.75) is 20.0 Å². The van der Waals surface area contributed by atoms with Crippen molar-refractivity contribution in [3.05, 3.63) is 78.4 Å². The van der Waals surface area contributed by atoms with E-state index in [0.29, 0.717) is 32.3 Å². The molecule has 0 radical (unpaired) electrons. The molecule has 0 aliphatic carbocycles. The van der Waals surface area contributed by atoms with Crippen LogP contribution in [0.1, 0.15) is 5.56 Å². The van der Waals surface area contributed by atoms with Gasteiger partial charge in [-0.05, 0) is 48.9 Å². The molecule has 0 unspecified atom stereocenters. The van der Waals surface area contributed by atoms with Crippen LogP contribution in [0, 0.1) is 6.92 Å². The zero-order valence-corrected chi connectivity index (χ0v) is 18.0. The Morgan fingerprint density at radius 2 is 1.65 bits per heavy atom. The Kier molecular flexibility index (Phi) is 6.26. The first-order valence-electron chi connectivity index (χ1n) is 10.4. The molecule has 31 heavy (non-hydrogen) atoms. The summed E-state index contributed by atoms with van der Waals surface area (Å²) in [6, 6.07) is 23.9. The molecule has 3 aromatic carbocycles. The van der Waals surface area contributed by atoms with Gasteiger partial charge in [-0.3, -0.25) is 5.73 Å². The number of hydrogen-bond donors (Lipinski definition) is 1. The highest BCUT2D eigenvalue weighted by Gasteiger charge is 2.20. The van der Waals surface area contributed by atoms with Crippen molar-refractivity contribution in [3.8, 4) is 17.2 Å². The van der Waals surface area contributed by atoms with E-state index in [0.717, 1.165) is 28.3 Å². The third kappa shape index (κ3) is 4.58. The fraction of sp³-hybridized carbons (Fsp3) is 0.240. The van der Waals surface area contributed by atoms with Crippen LogP contribution < -0.4 is 24.5 Å². The second-order valence-corrected chi connectivity index (χ2v) is 7.31. The standard InChI is InChI=1S/C25H27N3O3/c1-19-8-7-9-20(18-19)30-16-14-27-21-10-3-4-11-22(21)28(25(27)26)15-17-31-24-13-6-5-12-23(24)29-2/h3-13,18,26H,14-17H2,1-2H3/p+1. The molecular formula is C25H28N3O3+. The van der Waals surface area contributed by atoms with Crippen LogP contribution in [0.5, 0.6) is 17.2 Å². The molecule has 1 heterocycles. The number of imidazole rings is 1. The second-order valence-electron chi connectivity index (χ2n) is 7.31. The molecule has 0 fully saturated rings. The molecule has 1 aromatic heterocycles. The van der Waals surface area contributed by atoms with Gasteiger partial charge in [-0.2, -0.15) is 0 Å². The molecule has 4 aromatic rings. The Morgan fingerprint density at radius 3 is 2.45 bits per heavy atom. The van der Waals surface area contributed by atoms with Crippen LogP contribution in [-0.2, 0) is 13.1 Å². The minimum absolute atomic E-state index is 0.475. The van der Waals surface area contributed by atoms with Crippen LogP contribution in [0.25, 0.3) is 11.0 Å². The van der Waals surface area contributed by atoms with Crippen molar-refractivity contribution < 1.29 is 18.8 Å².